The number of esters is 1. The second kappa shape index (κ2) is 5.51. The number of hydrogen-bond acceptors (Lipinski definition) is 4. The molecule has 0 radical (unpaired) electrons. The van der Waals surface area contributed by atoms with Crippen molar-refractivity contribution in [1.29, 1.82) is 0 Å². The number of anilines is 1. The SMILES string of the molecule is CC1CCC(OC(=O)c2ccc(N)cc2O)CC1C. The number of nitrogen functional groups attached to an aromatic ring is 1. The maximum atomic E-state index is 12.0. The number of phenolic OH excluding ortho intramolecular Hbond substituents is 1. The van der Waals surface area contributed by atoms with Crippen LogP contribution in [0.4, 0.5) is 5.69 Å². The van der Waals surface area contributed by atoms with Gasteiger partial charge in [-0.15, -0.1) is 0 Å². The van der Waals surface area contributed by atoms with Gasteiger partial charge in [0.05, 0.1) is 0 Å². The lowest BCUT2D eigenvalue weighted by Crippen LogP contribution is -2.28. The van der Waals surface area contributed by atoms with Gasteiger partial charge in [0.2, 0.25) is 0 Å². The zero-order chi connectivity index (χ0) is 14.0. The third kappa shape index (κ3) is 3.19. The topological polar surface area (TPSA) is 72.5 Å². The van der Waals surface area contributed by atoms with E-state index in [-0.39, 0.29) is 17.4 Å². The van der Waals surface area contributed by atoms with Gasteiger partial charge in [-0.25, -0.2) is 4.79 Å². The molecule has 4 nitrogen and oxygen atoms in total. The van der Waals surface area contributed by atoms with E-state index in [9.17, 15) is 9.90 Å². The summed E-state index contributed by atoms with van der Waals surface area (Å²) in [5.74, 6) is 0.651. The summed E-state index contributed by atoms with van der Waals surface area (Å²) in [6.07, 6.45) is 2.82. The van der Waals surface area contributed by atoms with E-state index in [0.717, 1.165) is 19.3 Å². The zero-order valence-electron chi connectivity index (χ0n) is 11.4. The van der Waals surface area contributed by atoms with Crippen molar-refractivity contribution in [1.82, 2.24) is 0 Å². The normalized spacial score (nSPS) is 26.9. The maximum absolute atomic E-state index is 12.0. The molecule has 1 aromatic carbocycles. The number of aromatic hydroxyl groups is 1. The Balaban J connectivity index is 2.01. The van der Waals surface area contributed by atoms with Crippen molar-refractivity contribution < 1.29 is 14.6 Å². The smallest absolute Gasteiger partial charge is 0.342 e. The highest BCUT2D eigenvalue weighted by atomic mass is 16.5. The highest BCUT2D eigenvalue weighted by Gasteiger charge is 2.27. The number of hydrogen-bond donors (Lipinski definition) is 2. The molecule has 0 spiro atoms. The van der Waals surface area contributed by atoms with E-state index in [4.69, 9.17) is 10.5 Å². The Morgan fingerprint density at radius 3 is 2.68 bits per heavy atom. The average molecular weight is 263 g/mol. The predicted molar refractivity (Wildman–Crippen MR) is 73.9 cm³/mol. The van der Waals surface area contributed by atoms with Crippen LogP contribution in [-0.4, -0.2) is 17.2 Å². The number of benzene rings is 1. The van der Waals surface area contributed by atoms with Crippen molar-refractivity contribution in [3.8, 4) is 5.75 Å². The first-order valence-electron chi connectivity index (χ1n) is 6.77. The minimum atomic E-state index is -0.468. The fraction of sp³-hybridized carbons (Fsp3) is 0.533. The first-order valence-corrected chi connectivity index (χ1v) is 6.77. The summed E-state index contributed by atoms with van der Waals surface area (Å²) >= 11 is 0. The molecule has 0 bridgehead atoms. The van der Waals surface area contributed by atoms with Crippen LogP contribution in [0.15, 0.2) is 18.2 Å². The van der Waals surface area contributed by atoms with E-state index in [1.807, 2.05) is 0 Å². The number of ether oxygens (including phenoxy) is 1. The molecule has 1 saturated carbocycles. The Kier molecular flexibility index (Phi) is 3.98. The van der Waals surface area contributed by atoms with E-state index < -0.39 is 5.97 Å². The lowest BCUT2D eigenvalue weighted by atomic mass is 9.80. The minimum absolute atomic E-state index is 0.0457. The lowest BCUT2D eigenvalue weighted by molar-refractivity contribution is 0.00854. The van der Waals surface area contributed by atoms with Crippen LogP contribution in [0.1, 0.15) is 43.5 Å². The molecule has 104 valence electrons. The van der Waals surface area contributed by atoms with Crippen LogP contribution in [-0.2, 0) is 4.74 Å². The van der Waals surface area contributed by atoms with Crippen LogP contribution >= 0.6 is 0 Å². The van der Waals surface area contributed by atoms with Crippen LogP contribution in [0.25, 0.3) is 0 Å². The molecule has 0 saturated heterocycles. The molecule has 2 rings (SSSR count). The molecule has 3 N–H and O–H groups in total. The molecule has 0 aromatic heterocycles. The van der Waals surface area contributed by atoms with E-state index in [2.05, 4.69) is 13.8 Å². The molecular weight excluding hydrogens is 242 g/mol. The Bertz CT molecular complexity index is 472. The quantitative estimate of drug-likeness (QED) is 0.635. The first kappa shape index (κ1) is 13.7. The molecule has 1 aromatic rings. The van der Waals surface area contributed by atoms with Crippen molar-refractivity contribution in [3.05, 3.63) is 23.8 Å². The average Bonchev–Trinajstić information content (AvgIpc) is 2.33. The monoisotopic (exact) mass is 263 g/mol. The van der Waals surface area contributed by atoms with Crippen LogP contribution in [0.5, 0.6) is 5.75 Å². The van der Waals surface area contributed by atoms with Crippen LogP contribution < -0.4 is 5.73 Å². The molecule has 0 heterocycles. The van der Waals surface area contributed by atoms with Crippen molar-refractivity contribution in [3.63, 3.8) is 0 Å². The Labute approximate surface area is 113 Å². The summed E-state index contributed by atoms with van der Waals surface area (Å²) in [6.45, 7) is 4.42. The van der Waals surface area contributed by atoms with Crippen LogP contribution in [0, 0.1) is 11.8 Å². The summed E-state index contributed by atoms with van der Waals surface area (Å²) < 4.78 is 5.48. The predicted octanol–water partition coefficient (Wildman–Crippen LogP) is 2.96. The third-order valence-corrected chi connectivity index (χ3v) is 4.07. The second-order valence-corrected chi connectivity index (χ2v) is 5.57. The van der Waals surface area contributed by atoms with Gasteiger partial charge in [-0.3, -0.25) is 0 Å². The third-order valence-electron chi connectivity index (χ3n) is 4.07. The largest absolute Gasteiger partial charge is 0.507 e. The molecule has 4 heteroatoms. The highest BCUT2D eigenvalue weighted by Crippen LogP contribution is 2.32. The van der Waals surface area contributed by atoms with Crippen molar-refractivity contribution >= 4 is 11.7 Å². The van der Waals surface area contributed by atoms with Gasteiger partial charge in [-0.2, -0.15) is 0 Å². The molecule has 3 unspecified atom stereocenters. The van der Waals surface area contributed by atoms with Crippen molar-refractivity contribution in [2.24, 2.45) is 11.8 Å². The van der Waals surface area contributed by atoms with Gasteiger partial charge in [0, 0.05) is 11.8 Å². The van der Waals surface area contributed by atoms with E-state index in [1.54, 1.807) is 6.07 Å². The maximum Gasteiger partial charge on any atom is 0.342 e. The Hall–Kier alpha value is -1.71. The van der Waals surface area contributed by atoms with Gasteiger partial charge in [0.15, 0.2) is 0 Å². The number of carbonyl (C=O) groups is 1. The van der Waals surface area contributed by atoms with Gasteiger partial charge in [-0.1, -0.05) is 13.8 Å². The summed E-state index contributed by atoms with van der Waals surface area (Å²) in [5.41, 5.74) is 6.14. The molecule has 3 atom stereocenters. The van der Waals surface area contributed by atoms with E-state index in [0.29, 0.717) is 17.5 Å². The summed E-state index contributed by atoms with van der Waals surface area (Å²) in [4.78, 5) is 12.0. The Morgan fingerprint density at radius 1 is 1.32 bits per heavy atom. The molecule has 1 aliphatic rings. The fourth-order valence-corrected chi connectivity index (χ4v) is 2.54. The molecular formula is C15H21NO3. The molecule has 0 aliphatic heterocycles. The fourth-order valence-electron chi connectivity index (χ4n) is 2.54. The molecule has 19 heavy (non-hydrogen) atoms. The number of phenols is 1. The van der Waals surface area contributed by atoms with Gasteiger partial charge >= 0.3 is 5.97 Å². The van der Waals surface area contributed by atoms with Crippen LogP contribution in [0.3, 0.4) is 0 Å². The highest BCUT2D eigenvalue weighted by molar-refractivity contribution is 5.93. The first-order chi connectivity index (χ1) is 8.97. The summed E-state index contributed by atoms with van der Waals surface area (Å²) in [5, 5.41) is 9.70. The van der Waals surface area contributed by atoms with E-state index in [1.165, 1.54) is 12.1 Å². The van der Waals surface area contributed by atoms with Gasteiger partial charge < -0.3 is 15.6 Å². The number of carbonyl (C=O) groups excluding carboxylic acids is 1. The van der Waals surface area contributed by atoms with E-state index >= 15 is 0 Å². The van der Waals surface area contributed by atoms with Gasteiger partial charge in [0.1, 0.15) is 17.4 Å². The molecule has 1 aliphatic carbocycles. The van der Waals surface area contributed by atoms with Crippen LogP contribution in [0.2, 0.25) is 0 Å². The number of nitrogens with two attached hydrogens (primary N) is 1. The minimum Gasteiger partial charge on any atom is -0.507 e. The second-order valence-electron chi connectivity index (χ2n) is 5.57. The van der Waals surface area contributed by atoms with Crippen molar-refractivity contribution in [2.75, 3.05) is 5.73 Å². The standard InChI is InChI=1S/C15H21NO3/c1-9-3-5-12(7-10(9)2)19-15(18)13-6-4-11(16)8-14(13)17/h4,6,8-10,12,17H,3,5,7,16H2,1-2H3. The molecule has 0 amide bonds. The summed E-state index contributed by atoms with van der Waals surface area (Å²) in [7, 11) is 0. The number of rotatable bonds is 2. The zero-order valence-corrected chi connectivity index (χ0v) is 11.4. The summed E-state index contributed by atoms with van der Waals surface area (Å²) in [6, 6.07) is 4.45. The van der Waals surface area contributed by atoms with Gasteiger partial charge in [-0.05, 0) is 43.2 Å². The Morgan fingerprint density at radius 2 is 2.05 bits per heavy atom. The van der Waals surface area contributed by atoms with Crippen molar-refractivity contribution in [2.45, 2.75) is 39.2 Å². The molecule has 1 fully saturated rings. The van der Waals surface area contributed by atoms with Gasteiger partial charge in [0.25, 0.3) is 0 Å². The lowest BCUT2D eigenvalue weighted by Gasteiger charge is -2.31.